The van der Waals surface area contributed by atoms with Gasteiger partial charge in [0.2, 0.25) is 0 Å². The summed E-state index contributed by atoms with van der Waals surface area (Å²) in [6.07, 6.45) is 6.96. The number of carbonyl (C=O) groups is 1. The van der Waals surface area contributed by atoms with Gasteiger partial charge in [0.25, 0.3) is 0 Å². The van der Waals surface area contributed by atoms with Crippen LogP contribution in [0.2, 0.25) is 0 Å². The predicted octanol–water partition coefficient (Wildman–Crippen LogP) is 4.47. The van der Waals surface area contributed by atoms with Gasteiger partial charge in [-0.15, -0.1) is 0 Å². The van der Waals surface area contributed by atoms with Crippen molar-refractivity contribution >= 4 is 12.0 Å². The second-order valence-electron chi connectivity index (χ2n) is 7.84. The minimum Gasteiger partial charge on any atom is -0.497 e. The van der Waals surface area contributed by atoms with E-state index in [0.29, 0.717) is 5.92 Å². The number of hydrogen-bond acceptors (Lipinski definition) is 3. The van der Waals surface area contributed by atoms with Crippen LogP contribution < -0.4 is 4.74 Å². The number of rotatable bonds is 4. The third-order valence-electron chi connectivity index (χ3n) is 5.90. The van der Waals surface area contributed by atoms with Gasteiger partial charge in [-0.05, 0) is 49.0 Å². The van der Waals surface area contributed by atoms with E-state index in [2.05, 4.69) is 20.8 Å². The van der Waals surface area contributed by atoms with E-state index >= 15 is 0 Å². The number of esters is 1. The molecule has 3 heteroatoms. The van der Waals surface area contributed by atoms with Crippen molar-refractivity contribution in [1.29, 1.82) is 0 Å². The smallest absolute Gasteiger partial charge is 0.331 e. The first-order valence-corrected chi connectivity index (χ1v) is 8.38. The largest absolute Gasteiger partial charge is 0.497 e. The second-order valence-corrected chi connectivity index (χ2v) is 7.84. The summed E-state index contributed by atoms with van der Waals surface area (Å²) in [6.45, 7) is 6.76. The zero-order valence-electron chi connectivity index (χ0n) is 14.5. The highest BCUT2D eigenvalue weighted by atomic mass is 16.5. The number of benzene rings is 1. The van der Waals surface area contributed by atoms with Gasteiger partial charge in [-0.25, -0.2) is 4.79 Å². The van der Waals surface area contributed by atoms with Crippen LogP contribution in [0.1, 0.15) is 45.6 Å². The number of fused-ring (bicyclic) bond motifs is 2. The fourth-order valence-corrected chi connectivity index (χ4v) is 4.59. The highest BCUT2D eigenvalue weighted by Gasteiger charge is 2.61. The van der Waals surface area contributed by atoms with Gasteiger partial charge >= 0.3 is 5.97 Å². The fraction of sp³-hybridized carbons (Fsp3) is 0.550. The summed E-state index contributed by atoms with van der Waals surface area (Å²) in [6, 6.07) is 7.60. The summed E-state index contributed by atoms with van der Waals surface area (Å²) in [5, 5.41) is 0. The molecule has 3 rings (SSSR count). The first kappa shape index (κ1) is 16.1. The maximum Gasteiger partial charge on any atom is 0.331 e. The van der Waals surface area contributed by atoms with Crippen LogP contribution in [-0.4, -0.2) is 19.2 Å². The molecule has 0 saturated heterocycles. The highest BCUT2D eigenvalue weighted by Crippen LogP contribution is 2.63. The summed E-state index contributed by atoms with van der Waals surface area (Å²) < 4.78 is 11.0. The van der Waals surface area contributed by atoms with Crippen molar-refractivity contribution in [1.82, 2.24) is 0 Å². The topological polar surface area (TPSA) is 35.5 Å². The Morgan fingerprint density at radius 1 is 1.22 bits per heavy atom. The Labute approximate surface area is 138 Å². The Hall–Kier alpha value is -1.77. The molecule has 3 atom stereocenters. The van der Waals surface area contributed by atoms with E-state index in [-0.39, 0.29) is 22.9 Å². The van der Waals surface area contributed by atoms with Crippen LogP contribution in [0, 0.1) is 16.7 Å². The second kappa shape index (κ2) is 5.70. The third kappa shape index (κ3) is 2.89. The molecular weight excluding hydrogens is 288 g/mol. The van der Waals surface area contributed by atoms with E-state index in [0.717, 1.165) is 11.3 Å². The van der Waals surface area contributed by atoms with E-state index in [1.807, 2.05) is 24.3 Å². The predicted molar refractivity (Wildman–Crippen MR) is 91.1 cm³/mol. The molecule has 2 aliphatic carbocycles. The van der Waals surface area contributed by atoms with Crippen LogP contribution in [-0.2, 0) is 9.53 Å². The molecule has 1 aromatic carbocycles. The zero-order chi connectivity index (χ0) is 16.7. The van der Waals surface area contributed by atoms with Gasteiger partial charge in [0, 0.05) is 16.9 Å². The molecule has 0 heterocycles. The van der Waals surface area contributed by atoms with E-state index in [4.69, 9.17) is 9.47 Å². The monoisotopic (exact) mass is 314 g/mol. The number of methoxy groups -OCH3 is 1. The first-order chi connectivity index (χ1) is 10.8. The summed E-state index contributed by atoms with van der Waals surface area (Å²) in [5.41, 5.74) is 1.19. The van der Waals surface area contributed by atoms with Crippen molar-refractivity contribution in [2.45, 2.75) is 46.1 Å². The van der Waals surface area contributed by atoms with Gasteiger partial charge in [-0.2, -0.15) is 0 Å². The van der Waals surface area contributed by atoms with E-state index in [1.54, 1.807) is 13.2 Å². The minimum absolute atomic E-state index is 0.0155. The lowest BCUT2D eigenvalue weighted by molar-refractivity contribution is -0.158. The van der Waals surface area contributed by atoms with Crippen molar-refractivity contribution in [2.75, 3.05) is 7.11 Å². The molecule has 0 aliphatic heterocycles. The average molecular weight is 314 g/mol. The Bertz CT molecular complexity index is 610. The Kier molecular flexibility index (Phi) is 3.99. The summed E-state index contributed by atoms with van der Waals surface area (Å²) in [4.78, 5) is 12.3. The summed E-state index contributed by atoms with van der Waals surface area (Å²) in [5.74, 6) is 1.24. The molecule has 3 unspecified atom stereocenters. The van der Waals surface area contributed by atoms with E-state index in [9.17, 15) is 4.79 Å². The molecule has 0 aromatic heterocycles. The van der Waals surface area contributed by atoms with Crippen molar-refractivity contribution in [2.24, 2.45) is 16.7 Å². The van der Waals surface area contributed by atoms with Gasteiger partial charge in [0.15, 0.2) is 0 Å². The molecule has 1 aromatic rings. The quantitative estimate of drug-likeness (QED) is 0.608. The van der Waals surface area contributed by atoms with Crippen LogP contribution in [0.4, 0.5) is 0 Å². The minimum atomic E-state index is -0.243. The molecule has 3 nitrogen and oxygen atoms in total. The van der Waals surface area contributed by atoms with Gasteiger partial charge < -0.3 is 9.47 Å². The zero-order valence-corrected chi connectivity index (χ0v) is 14.5. The Morgan fingerprint density at radius 2 is 1.91 bits per heavy atom. The van der Waals surface area contributed by atoms with Crippen LogP contribution in [0.5, 0.6) is 5.75 Å². The first-order valence-electron chi connectivity index (χ1n) is 8.38. The molecule has 2 fully saturated rings. The molecule has 2 saturated carbocycles. The maximum absolute atomic E-state index is 12.3. The number of hydrogen-bond donors (Lipinski definition) is 0. The third-order valence-corrected chi connectivity index (χ3v) is 5.90. The lowest BCUT2D eigenvalue weighted by atomic mass is 9.70. The Balaban J connectivity index is 1.66. The molecule has 0 radical (unpaired) electrons. The normalized spacial score (nSPS) is 31.5. The average Bonchev–Trinajstić information content (AvgIpc) is 3.01. The molecule has 2 bridgehead atoms. The molecule has 0 amide bonds. The van der Waals surface area contributed by atoms with Crippen molar-refractivity contribution in [3.8, 4) is 5.75 Å². The number of ether oxygens (including phenoxy) is 2. The lowest BCUT2D eigenvalue weighted by Crippen LogP contribution is -2.43. The van der Waals surface area contributed by atoms with E-state index < -0.39 is 0 Å². The van der Waals surface area contributed by atoms with Crippen LogP contribution in [0.25, 0.3) is 6.08 Å². The molecule has 0 spiro atoms. The SMILES string of the molecule is COc1ccc(/C=C/C(=O)OC2C3(C)CCC(C3)C2(C)C)cc1. The van der Waals surface area contributed by atoms with Crippen LogP contribution in [0.3, 0.4) is 0 Å². The standard InChI is InChI=1S/C20H26O3/c1-19(2)15-11-12-20(3,13-15)18(19)23-17(21)10-7-14-5-8-16(22-4)9-6-14/h5-10,15,18H,11-13H2,1-4H3/b10-7+. The highest BCUT2D eigenvalue weighted by molar-refractivity contribution is 5.87. The molecule has 124 valence electrons. The Morgan fingerprint density at radius 3 is 2.48 bits per heavy atom. The van der Waals surface area contributed by atoms with Gasteiger partial charge in [0.05, 0.1) is 7.11 Å². The number of carbonyl (C=O) groups excluding carboxylic acids is 1. The van der Waals surface area contributed by atoms with Crippen molar-refractivity contribution in [3.63, 3.8) is 0 Å². The summed E-state index contributed by atoms with van der Waals surface area (Å²) >= 11 is 0. The van der Waals surface area contributed by atoms with Crippen LogP contribution >= 0.6 is 0 Å². The maximum atomic E-state index is 12.3. The fourth-order valence-electron chi connectivity index (χ4n) is 4.59. The molecule has 23 heavy (non-hydrogen) atoms. The van der Waals surface area contributed by atoms with Crippen molar-refractivity contribution in [3.05, 3.63) is 35.9 Å². The summed E-state index contributed by atoms with van der Waals surface area (Å²) in [7, 11) is 1.64. The van der Waals surface area contributed by atoms with Gasteiger partial charge in [-0.1, -0.05) is 32.9 Å². The molecule has 0 N–H and O–H groups in total. The van der Waals surface area contributed by atoms with Gasteiger partial charge in [0.1, 0.15) is 11.9 Å². The van der Waals surface area contributed by atoms with Crippen molar-refractivity contribution < 1.29 is 14.3 Å². The molecule has 2 aliphatic rings. The lowest BCUT2D eigenvalue weighted by Gasteiger charge is -2.41. The van der Waals surface area contributed by atoms with Gasteiger partial charge in [-0.3, -0.25) is 0 Å². The van der Waals surface area contributed by atoms with Crippen LogP contribution in [0.15, 0.2) is 30.3 Å². The molecular formula is C20H26O3. The van der Waals surface area contributed by atoms with E-state index in [1.165, 1.54) is 25.3 Å².